The number of nitrogens with one attached hydrogen (secondary N) is 1. The molecule has 0 saturated heterocycles. The van der Waals surface area contributed by atoms with E-state index in [0.29, 0.717) is 27.7 Å². The fraction of sp³-hybridized carbons (Fsp3) is 0.125. The summed E-state index contributed by atoms with van der Waals surface area (Å²) in [5.41, 5.74) is 2.78. The SMILES string of the molecule is CN1C(=O)Cc2cc(NC(=O)c3cc(Cl)cc(Cl)c3)ccc21. The van der Waals surface area contributed by atoms with Gasteiger partial charge in [0, 0.05) is 34.0 Å². The van der Waals surface area contributed by atoms with Crippen LogP contribution in [0.3, 0.4) is 0 Å². The molecule has 1 aliphatic rings. The predicted molar refractivity (Wildman–Crippen MR) is 88.0 cm³/mol. The number of carbonyl (C=O) groups is 2. The number of carbonyl (C=O) groups excluding carboxylic acids is 2. The van der Waals surface area contributed by atoms with Gasteiger partial charge in [0.2, 0.25) is 5.91 Å². The van der Waals surface area contributed by atoms with Crippen molar-refractivity contribution in [3.05, 3.63) is 57.6 Å². The van der Waals surface area contributed by atoms with Gasteiger partial charge < -0.3 is 10.2 Å². The first kappa shape index (κ1) is 14.9. The quantitative estimate of drug-likeness (QED) is 0.908. The largest absolute Gasteiger partial charge is 0.322 e. The average molecular weight is 335 g/mol. The third-order valence-corrected chi connectivity index (χ3v) is 3.98. The number of fused-ring (bicyclic) bond motifs is 1. The molecule has 0 aromatic heterocycles. The fourth-order valence-electron chi connectivity index (χ4n) is 2.44. The van der Waals surface area contributed by atoms with Crippen molar-refractivity contribution in [2.24, 2.45) is 0 Å². The summed E-state index contributed by atoms with van der Waals surface area (Å²) < 4.78 is 0. The van der Waals surface area contributed by atoms with E-state index in [4.69, 9.17) is 23.2 Å². The molecule has 0 unspecified atom stereocenters. The van der Waals surface area contributed by atoms with E-state index < -0.39 is 0 Å². The molecule has 0 spiro atoms. The van der Waals surface area contributed by atoms with Crippen LogP contribution in [-0.2, 0) is 11.2 Å². The lowest BCUT2D eigenvalue weighted by Crippen LogP contribution is -2.20. The van der Waals surface area contributed by atoms with Gasteiger partial charge in [0.1, 0.15) is 0 Å². The van der Waals surface area contributed by atoms with Gasteiger partial charge in [-0.05, 0) is 42.0 Å². The molecule has 0 fully saturated rings. The Morgan fingerprint density at radius 2 is 1.82 bits per heavy atom. The molecule has 0 aliphatic carbocycles. The zero-order chi connectivity index (χ0) is 15.9. The van der Waals surface area contributed by atoms with E-state index in [1.165, 1.54) is 0 Å². The summed E-state index contributed by atoms with van der Waals surface area (Å²) in [5.74, 6) is -0.262. The summed E-state index contributed by atoms with van der Waals surface area (Å²) in [6.07, 6.45) is 0.346. The Kier molecular flexibility index (Phi) is 3.81. The van der Waals surface area contributed by atoms with Crippen LogP contribution in [-0.4, -0.2) is 18.9 Å². The maximum Gasteiger partial charge on any atom is 0.255 e. The molecule has 0 radical (unpaired) electrons. The highest BCUT2D eigenvalue weighted by atomic mass is 35.5. The summed E-state index contributed by atoms with van der Waals surface area (Å²) >= 11 is 11.8. The van der Waals surface area contributed by atoms with Crippen LogP contribution in [0, 0.1) is 0 Å². The van der Waals surface area contributed by atoms with E-state index in [2.05, 4.69) is 5.32 Å². The Balaban J connectivity index is 1.83. The minimum Gasteiger partial charge on any atom is -0.322 e. The average Bonchev–Trinajstić information content (AvgIpc) is 2.72. The van der Waals surface area contributed by atoms with Crippen molar-refractivity contribution in [2.75, 3.05) is 17.3 Å². The molecule has 112 valence electrons. The number of benzene rings is 2. The van der Waals surface area contributed by atoms with Crippen LogP contribution in [0.1, 0.15) is 15.9 Å². The molecule has 0 saturated carbocycles. The van der Waals surface area contributed by atoms with E-state index in [-0.39, 0.29) is 11.8 Å². The topological polar surface area (TPSA) is 49.4 Å². The highest BCUT2D eigenvalue weighted by Crippen LogP contribution is 2.30. The van der Waals surface area contributed by atoms with Crippen LogP contribution in [0.4, 0.5) is 11.4 Å². The molecule has 1 N–H and O–H groups in total. The van der Waals surface area contributed by atoms with Gasteiger partial charge in [0.25, 0.3) is 5.91 Å². The first-order valence-corrected chi connectivity index (χ1v) is 7.36. The zero-order valence-corrected chi connectivity index (χ0v) is 13.2. The van der Waals surface area contributed by atoms with E-state index in [0.717, 1.165) is 11.3 Å². The second-order valence-corrected chi connectivity index (χ2v) is 5.96. The molecule has 1 aliphatic heterocycles. The maximum atomic E-state index is 12.2. The highest BCUT2D eigenvalue weighted by Gasteiger charge is 2.24. The zero-order valence-electron chi connectivity index (χ0n) is 11.7. The highest BCUT2D eigenvalue weighted by molar-refractivity contribution is 6.35. The van der Waals surface area contributed by atoms with E-state index in [1.807, 2.05) is 6.07 Å². The first-order chi connectivity index (χ1) is 10.4. The first-order valence-electron chi connectivity index (χ1n) is 6.61. The Bertz CT molecular complexity index is 769. The summed E-state index contributed by atoms with van der Waals surface area (Å²) in [6.45, 7) is 0. The minimum atomic E-state index is -0.304. The van der Waals surface area contributed by atoms with E-state index in [1.54, 1.807) is 42.3 Å². The second kappa shape index (κ2) is 5.63. The fourth-order valence-corrected chi connectivity index (χ4v) is 2.96. The molecule has 2 aromatic rings. The smallest absolute Gasteiger partial charge is 0.255 e. The Morgan fingerprint density at radius 1 is 1.14 bits per heavy atom. The lowest BCUT2D eigenvalue weighted by Gasteiger charge is -2.11. The monoisotopic (exact) mass is 334 g/mol. The van der Waals surface area contributed by atoms with Crippen molar-refractivity contribution in [3.8, 4) is 0 Å². The summed E-state index contributed by atoms with van der Waals surface area (Å²) in [4.78, 5) is 25.5. The van der Waals surface area contributed by atoms with Gasteiger partial charge in [-0.1, -0.05) is 23.2 Å². The summed E-state index contributed by atoms with van der Waals surface area (Å²) in [7, 11) is 1.74. The third-order valence-electron chi connectivity index (χ3n) is 3.54. The van der Waals surface area contributed by atoms with Gasteiger partial charge in [-0.2, -0.15) is 0 Å². The number of rotatable bonds is 2. The van der Waals surface area contributed by atoms with Crippen LogP contribution < -0.4 is 10.2 Å². The van der Waals surface area contributed by atoms with Crippen molar-refractivity contribution in [1.82, 2.24) is 0 Å². The number of hydrogen-bond donors (Lipinski definition) is 1. The standard InChI is InChI=1S/C16H12Cl2N2O2/c1-20-14-3-2-13(6-9(14)7-15(20)21)19-16(22)10-4-11(17)8-12(18)5-10/h2-6,8H,7H2,1H3,(H,19,22). The molecule has 0 bridgehead atoms. The third kappa shape index (κ3) is 2.80. The lowest BCUT2D eigenvalue weighted by atomic mass is 10.1. The molecule has 6 heteroatoms. The van der Waals surface area contributed by atoms with Crippen LogP contribution in [0.2, 0.25) is 10.0 Å². The maximum absolute atomic E-state index is 12.2. The molecular weight excluding hydrogens is 323 g/mol. The number of likely N-dealkylation sites (N-methyl/N-ethyl adjacent to an activating group) is 1. The van der Waals surface area contributed by atoms with Gasteiger partial charge in [-0.25, -0.2) is 0 Å². The van der Waals surface area contributed by atoms with Gasteiger partial charge in [-0.15, -0.1) is 0 Å². The van der Waals surface area contributed by atoms with Gasteiger partial charge in [-0.3, -0.25) is 9.59 Å². The number of anilines is 2. The van der Waals surface area contributed by atoms with Crippen molar-refractivity contribution >= 4 is 46.4 Å². The number of amides is 2. The van der Waals surface area contributed by atoms with Gasteiger partial charge in [0.05, 0.1) is 6.42 Å². The number of nitrogens with zero attached hydrogens (tertiary/aromatic N) is 1. The van der Waals surface area contributed by atoms with Gasteiger partial charge >= 0.3 is 0 Å². The van der Waals surface area contributed by atoms with Crippen LogP contribution in [0.15, 0.2) is 36.4 Å². The van der Waals surface area contributed by atoms with Crippen molar-refractivity contribution in [1.29, 1.82) is 0 Å². The number of halogens is 2. The second-order valence-electron chi connectivity index (χ2n) is 5.09. The molecular formula is C16H12Cl2N2O2. The van der Waals surface area contributed by atoms with Crippen LogP contribution >= 0.6 is 23.2 Å². The minimum absolute atomic E-state index is 0.0418. The number of hydrogen-bond acceptors (Lipinski definition) is 2. The predicted octanol–water partition coefficient (Wildman–Crippen LogP) is 3.76. The van der Waals surface area contributed by atoms with Crippen molar-refractivity contribution in [3.63, 3.8) is 0 Å². The molecule has 2 aromatic carbocycles. The molecule has 4 nitrogen and oxygen atoms in total. The van der Waals surface area contributed by atoms with E-state index in [9.17, 15) is 9.59 Å². The van der Waals surface area contributed by atoms with Crippen molar-refractivity contribution in [2.45, 2.75) is 6.42 Å². The Hall–Kier alpha value is -2.04. The van der Waals surface area contributed by atoms with Crippen LogP contribution in [0.25, 0.3) is 0 Å². The molecule has 3 rings (SSSR count). The Labute approximate surface area is 137 Å². The lowest BCUT2D eigenvalue weighted by molar-refractivity contribution is -0.117. The Morgan fingerprint density at radius 3 is 2.50 bits per heavy atom. The summed E-state index contributed by atoms with van der Waals surface area (Å²) in [5, 5.41) is 3.59. The molecule has 22 heavy (non-hydrogen) atoms. The summed E-state index contributed by atoms with van der Waals surface area (Å²) in [6, 6.07) is 10.1. The van der Waals surface area contributed by atoms with Gasteiger partial charge in [0.15, 0.2) is 0 Å². The normalized spacial score (nSPS) is 13.2. The molecule has 1 heterocycles. The molecule has 0 atom stereocenters. The molecule has 2 amide bonds. The van der Waals surface area contributed by atoms with E-state index >= 15 is 0 Å². The van der Waals surface area contributed by atoms with Crippen LogP contribution in [0.5, 0.6) is 0 Å². The van der Waals surface area contributed by atoms with Crippen molar-refractivity contribution < 1.29 is 9.59 Å².